The Balaban J connectivity index is 1.74. The van der Waals surface area contributed by atoms with E-state index in [1.807, 2.05) is 0 Å². The maximum Gasteiger partial charge on any atom is 0.416 e. The summed E-state index contributed by atoms with van der Waals surface area (Å²) in [6.45, 7) is 1.86. The number of rotatable bonds is 2. The van der Waals surface area contributed by atoms with Crippen molar-refractivity contribution in [2.45, 2.75) is 31.7 Å². The van der Waals surface area contributed by atoms with Gasteiger partial charge in [-0.25, -0.2) is 14.4 Å². The molecule has 2 aromatic heterocycles. The maximum absolute atomic E-state index is 14.1. The first kappa shape index (κ1) is 18.6. The van der Waals surface area contributed by atoms with E-state index in [1.165, 1.54) is 17.8 Å². The van der Waals surface area contributed by atoms with Crippen molar-refractivity contribution < 1.29 is 27.4 Å². The molecule has 0 amide bonds. The van der Waals surface area contributed by atoms with E-state index in [-0.39, 0.29) is 29.1 Å². The van der Waals surface area contributed by atoms with Gasteiger partial charge in [0.15, 0.2) is 5.65 Å². The fraction of sp³-hybridized carbons (Fsp3) is 0.389. The summed E-state index contributed by atoms with van der Waals surface area (Å²) in [6, 6.07) is 1.10. The number of phenolic OH excluding ortho intramolecular Hbond substituents is 1. The molecule has 0 radical (unpaired) electrons. The summed E-state index contributed by atoms with van der Waals surface area (Å²) >= 11 is 0. The quantitative estimate of drug-likeness (QED) is 0.667. The molecule has 3 heterocycles. The highest BCUT2D eigenvalue weighted by Gasteiger charge is 2.32. The van der Waals surface area contributed by atoms with Gasteiger partial charge in [-0.3, -0.25) is 4.68 Å². The van der Waals surface area contributed by atoms with E-state index in [9.17, 15) is 22.7 Å². The van der Waals surface area contributed by atoms with Crippen LogP contribution in [0.3, 0.4) is 0 Å². The summed E-state index contributed by atoms with van der Waals surface area (Å²) in [5.41, 5.74) is 0.227. The summed E-state index contributed by atoms with van der Waals surface area (Å²) in [5.74, 6) is -0.548. The third kappa shape index (κ3) is 3.28. The molecule has 0 saturated carbocycles. The lowest BCUT2D eigenvalue weighted by molar-refractivity contribution is -0.137. The number of fused-ring (bicyclic) bond motifs is 1. The van der Waals surface area contributed by atoms with Crippen molar-refractivity contribution in [3.63, 3.8) is 0 Å². The Morgan fingerprint density at radius 2 is 2.07 bits per heavy atom. The second-order valence-electron chi connectivity index (χ2n) is 6.71. The number of nitrogens with zero attached hydrogens (tertiary/aromatic N) is 4. The van der Waals surface area contributed by atoms with Crippen LogP contribution in [0.1, 0.15) is 23.6 Å². The summed E-state index contributed by atoms with van der Waals surface area (Å²) < 4.78 is 59.4. The van der Waals surface area contributed by atoms with Crippen LogP contribution in [0.5, 0.6) is 5.75 Å². The molecule has 148 valence electrons. The number of halogens is 4. The lowest BCUT2D eigenvalue weighted by atomic mass is 10.0. The van der Waals surface area contributed by atoms with Crippen molar-refractivity contribution in [1.82, 2.24) is 19.7 Å². The van der Waals surface area contributed by atoms with Crippen LogP contribution in [0.15, 0.2) is 24.5 Å². The van der Waals surface area contributed by atoms with Gasteiger partial charge < -0.3 is 9.84 Å². The highest BCUT2D eigenvalue weighted by atomic mass is 19.4. The zero-order chi connectivity index (χ0) is 20.1. The number of aromatic nitrogens is 4. The van der Waals surface area contributed by atoms with Gasteiger partial charge in [0.25, 0.3) is 0 Å². The lowest BCUT2D eigenvalue weighted by Gasteiger charge is -2.25. The van der Waals surface area contributed by atoms with Crippen LogP contribution in [0.2, 0.25) is 0 Å². The minimum atomic E-state index is -4.57. The summed E-state index contributed by atoms with van der Waals surface area (Å²) in [7, 11) is 0. The molecule has 0 bridgehead atoms. The molecule has 1 aliphatic heterocycles. The molecule has 0 aliphatic carbocycles. The first-order valence-electron chi connectivity index (χ1n) is 8.59. The number of benzene rings is 1. The highest BCUT2D eigenvalue weighted by Crippen LogP contribution is 2.38. The largest absolute Gasteiger partial charge is 0.507 e. The smallest absolute Gasteiger partial charge is 0.416 e. The Hall–Kier alpha value is -2.75. The normalized spacial score (nSPS) is 20.6. The monoisotopic (exact) mass is 396 g/mol. The third-order valence-electron chi connectivity index (χ3n) is 4.74. The number of aryl methyl sites for hydroxylation is 1. The lowest BCUT2D eigenvalue weighted by Crippen LogP contribution is -2.31. The second-order valence-corrected chi connectivity index (χ2v) is 6.71. The zero-order valence-electron chi connectivity index (χ0n) is 14.7. The average Bonchev–Trinajstić information content (AvgIpc) is 3.04. The van der Waals surface area contributed by atoms with Gasteiger partial charge >= 0.3 is 6.18 Å². The summed E-state index contributed by atoms with van der Waals surface area (Å²) in [5, 5.41) is 14.4. The molecular formula is C18H16F4N4O2. The van der Waals surface area contributed by atoms with Crippen LogP contribution >= 0.6 is 0 Å². The molecule has 3 aromatic rings. The molecule has 1 fully saturated rings. The van der Waals surface area contributed by atoms with Crippen LogP contribution in [0, 0.1) is 6.92 Å². The van der Waals surface area contributed by atoms with E-state index in [1.54, 1.807) is 6.20 Å². The van der Waals surface area contributed by atoms with Crippen molar-refractivity contribution in [3.8, 4) is 17.0 Å². The number of hydrogen-bond donors (Lipinski definition) is 1. The molecule has 0 unspecified atom stereocenters. The Labute approximate surface area is 156 Å². The van der Waals surface area contributed by atoms with Gasteiger partial charge in [-0.15, -0.1) is 0 Å². The predicted molar refractivity (Wildman–Crippen MR) is 91.5 cm³/mol. The van der Waals surface area contributed by atoms with E-state index >= 15 is 0 Å². The molecule has 28 heavy (non-hydrogen) atoms. The Bertz CT molecular complexity index is 1010. The van der Waals surface area contributed by atoms with Crippen molar-refractivity contribution in [2.75, 3.05) is 13.2 Å². The van der Waals surface area contributed by atoms with Gasteiger partial charge in [0.1, 0.15) is 17.4 Å². The maximum atomic E-state index is 14.1. The van der Waals surface area contributed by atoms with Gasteiger partial charge in [0.05, 0.1) is 36.3 Å². The minimum absolute atomic E-state index is 0.00833. The van der Waals surface area contributed by atoms with Gasteiger partial charge in [0, 0.05) is 12.2 Å². The molecule has 1 saturated heterocycles. The first-order chi connectivity index (χ1) is 13.2. The molecule has 10 heteroatoms. The van der Waals surface area contributed by atoms with Crippen LogP contribution in [-0.2, 0) is 10.9 Å². The molecular weight excluding hydrogens is 380 g/mol. The van der Waals surface area contributed by atoms with Gasteiger partial charge in [-0.2, -0.15) is 18.3 Å². The molecule has 2 atom stereocenters. The summed E-state index contributed by atoms with van der Waals surface area (Å²) in [6.07, 6.45) is -2.39. The molecule has 4 rings (SSSR count). The van der Waals surface area contributed by atoms with Crippen molar-refractivity contribution in [2.24, 2.45) is 0 Å². The van der Waals surface area contributed by atoms with Gasteiger partial charge in [-0.05, 0) is 31.0 Å². The predicted octanol–water partition coefficient (Wildman–Crippen LogP) is 3.83. The minimum Gasteiger partial charge on any atom is -0.507 e. The Kier molecular flexibility index (Phi) is 4.45. The first-order valence-corrected chi connectivity index (χ1v) is 8.59. The number of hydrogen-bond acceptors (Lipinski definition) is 5. The van der Waals surface area contributed by atoms with E-state index in [2.05, 4.69) is 15.1 Å². The second kappa shape index (κ2) is 6.69. The number of ether oxygens (including phenoxy) is 1. The SMILES string of the molecule is Cc1cc(C(F)(F)F)cc(O)c1-c1cnc2cn([C@@H]3CCOC[C@@H]3F)nc2n1. The van der Waals surface area contributed by atoms with Crippen LogP contribution in [0.4, 0.5) is 17.6 Å². The van der Waals surface area contributed by atoms with Crippen molar-refractivity contribution >= 4 is 11.2 Å². The highest BCUT2D eigenvalue weighted by molar-refractivity contribution is 5.77. The van der Waals surface area contributed by atoms with Crippen molar-refractivity contribution in [3.05, 3.63) is 35.7 Å². The molecule has 1 aromatic carbocycles. The van der Waals surface area contributed by atoms with Gasteiger partial charge in [-0.1, -0.05) is 0 Å². The number of alkyl halides is 4. The Morgan fingerprint density at radius 3 is 2.75 bits per heavy atom. The molecule has 1 aliphatic rings. The topological polar surface area (TPSA) is 73.1 Å². The standard InChI is InChI=1S/C18H16F4N4O2/c1-9-4-10(18(20,21)22)5-15(27)16(9)12-6-23-13-7-26(25-17(13)24-12)14-2-3-28-8-11(14)19/h4-7,11,14,27H,2-3,8H2,1H3/t11-,14+/m0/s1. The fourth-order valence-corrected chi connectivity index (χ4v) is 3.36. The molecule has 1 N–H and O–H groups in total. The van der Waals surface area contributed by atoms with E-state index < -0.39 is 29.7 Å². The van der Waals surface area contributed by atoms with Crippen LogP contribution in [0.25, 0.3) is 22.4 Å². The number of aromatic hydroxyl groups is 1. The zero-order valence-corrected chi connectivity index (χ0v) is 14.7. The van der Waals surface area contributed by atoms with Crippen LogP contribution < -0.4 is 0 Å². The van der Waals surface area contributed by atoms with Gasteiger partial charge in [0.2, 0.25) is 0 Å². The summed E-state index contributed by atoms with van der Waals surface area (Å²) in [4.78, 5) is 8.53. The van der Waals surface area contributed by atoms with Crippen LogP contribution in [-0.4, -0.2) is 44.2 Å². The third-order valence-corrected chi connectivity index (χ3v) is 4.74. The molecule has 0 spiro atoms. The average molecular weight is 396 g/mol. The van der Waals surface area contributed by atoms with E-state index in [0.29, 0.717) is 24.6 Å². The number of phenols is 1. The fourth-order valence-electron chi connectivity index (χ4n) is 3.36. The van der Waals surface area contributed by atoms with E-state index in [4.69, 9.17) is 4.74 Å². The van der Waals surface area contributed by atoms with E-state index in [0.717, 1.165) is 6.07 Å². The molecule has 6 nitrogen and oxygen atoms in total. The Morgan fingerprint density at radius 1 is 1.29 bits per heavy atom. The van der Waals surface area contributed by atoms with Crippen molar-refractivity contribution in [1.29, 1.82) is 0 Å².